The fourth-order valence-electron chi connectivity index (χ4n) is 2.96. The van der Waals surface area contributed by atoms with Gasteiger partial charge in [-0.1, -0.05) is 6.92 Å². The quantitative estimate of drug-likeness (QED) is 0.744. The minimum Gasteiger partial charge on any atom is -0.480 e. The number of aliphatic hydroxyl groups excluding tert-OH is 1. The molecule has 0 saturated carbocycles. The highest BCUT2D eigenvalue weighted by Crippen LogP contribution is 2.24. The standard InChI is InChI=1S/C13H22N2O5/c1-8-3-4-14(7-11(8)20-2)13(19)15-6-9(16)5-10(15)12(17)18/h8-11,16H,3-7H2,1-2H3,(H,17,18)/t8?,9-,10-,11?/m0/s1. The number of aliphatic carboxylic acids is 1. The van der Waals surface area contributed by atoms with E-state index in [4.69, 9.17) is 9.84 Å². The number of rotatable bonds is 2. The highest BCUT2D eigenvalue weighted by atomic mass is 16.5. The molecule has 2 unspecified atom stereocenters. The predicted molar refractivity (Wildman–Crippen MR) is 70.3 cm³/mol. The summed E-state index contributed by atoms with van der Waals surface area (Å²) < 4.78 is 5.36. The zero-order valence-electron chi connectivity index (χ0n) is 11.9. The molecule has 2 N–H and O–H groups in total. The first-order valence-electron chi connectivity index (χ1n) is 6.93. The van der Waals surface area contributed by atoms with Crippen LogP contribution in [0.15, 0.2) is 0 Å². The summed E-state index contributed by atoms with van der Waals surface area (Å²) in [6, 6.07) is -1.25. The highest BCUT2D eigenvalue weighted by molar-refractivity contribution is 5.83. The van der Waals surface area contributed by atoms with Crippen molar-refractivity contribution in [3.63, 3.8) is 0 Å². The van der Waals surface area contributed by atoms with Gasteiger partial charge in [-0.2, -0.15) is 0 Å². The fraction of sp³-hybridized carbons (Fsp3) is 0.846. The van der Waals surface area contributed by atoms with E-state index in [0.717, 1.165) is 6.42 Å². The van der Waals surface area contributed by atoms with Crippen LogP contribution in [0.25, 0.3) is 0 Å². The van der Waals surface area contributed by atoms with Crippen LogP contribution in [-0.2, 0) is 9.53 Å². The molecule has 0 bridgehead atoms. The van der Waals surface area contributed by atoms with Crippen LogP contribution in [0.1, 0.15) is 19.8 Å². The molecule has 0 aromatic rings. The Bertz CT molecular complexity index is 389. The molecule has 2 heterocycles. The summed E-state index contributed by atoms with van der Waals surface area (Å²) in [6.07, 6.45) is 0.141. The van der Waals surface area contributed by atoms with Crippen LogP contribution in [0.2, 0.25) is 0 Å². The number of hydrogen-bond acceptors (Lipinski definition) is 4. The molecule has 2 aliphatic rings. The molecule has 2 saturated heterocycles. The molecule has 2 rings (SSSR count). The van der Waals surface area contributed by atoms with Gasteiger partial charge in [-0.15, -0.1) is 0 Å². The Hall–Kier alpha value is -1.34. The van der Waals surface area contributed by atoms with E-state index in [1.807, 2.05) is 0 Å². The van der Waals surface area contributed by atoms with E-state index >= 15 is 0 Å². The maximum absolute atomic E-state index is 12.5. The van der Waals surface area contributed by atoms with Crippen LogP contribution in [0, 0.1) is 5.92 Å². The molecule has 7 heteroatoms. The smallest absolute Gasteiger partial charge is 0.326 e. The molecule has 4 atom stereocenters. The molecule has 0 aromatic carbocycles. The van der Waals surface area contributed by atoms with Crippen molar-refractivity contribution in [3.8, 4) is 0 Å². The molecule has 0 aliphatic carbocycles. The zero-order chi connectivity index (χ0) is 14.9. The first-order chi connectivity index (χ1) is 9.43. The third-order valence-electron chi connectivity index (χ3n) is 4.27. The van der Waals surface area contributed by atoms with Crippen LogP contribution in [-0.4, -0.2) is 77.0 Å². The normalized spacial score (nSPS) is 34.4. The molecule has 0 spiro atoms. The second-order valence-corrected chi connectivity index (χ2v) is 5.66. The van der Waals surface area contributed by atoms with Crippen molar-refractivity contribution >= 4 is 12.0 Å². The van der Waals surface area contributed by atoms with Gasteiger partial charge >= 0.3 is 12.0 Å². The Labute approximate surface area is 118 Å². The Balaban J connectivity index is 2.05. The van der Waals surface area contributed by atoms with Crippen molar-refractivity contribution in [1.29, 1.82) is 0 Å². The van der Waals surface area contributed by atoms with Gasteiger partial charge in [-0.3, -0.25) is 0 Å². The number of likely N-dealkylation sites (tertiary alicyclic amines) is 2. The maximum Gasteiger partial charge on any atom is 0.326 e. The Morgan fingerprint density at radius 2 is 2.00 bits per heavy atom. The number of β-amino-alcohol motifs (C(OH)–C–C–N with tert-alkyl or cyclic N) is 1. The SMILES string of the molecule is COC1CN(C(=O)N2C[C@@H](O)C[C@H]2C(=O)O)CCC1C. The number of aliphatic hydroxyl groups is 1. The molecule has 0 aromatic heterocycles. The lowest BCUT2D eigenvalue weighted by atomic mass is 9.96. The molecule has 2 fully saturated rings. The Kier molecular flexibility index (Phi) is 4.49. The van der Waals surface area contributed by atoms with E-state index in [0.29, 0.717) is 19.0 Å². The number of carboxylic acids is 1. The topological polar surface area (TPSA) is 90.3 Å². The minimum absolute atomic E-state index is 0.0245. The number of carbonyl (C=O) groups is 2. The fourth-order valence-corrected chi connectivity index (χ4v) is 2.96. The number of methoxy groups -OCH3 is 1. The Morgan fingerprint density at radius 3 is 2.60 bits per heavy atom. The van der Waals surface area contributed by atoms with E-state index in [2.05, 4.69) is 6.92 Å². The van der Waals surface area contributed by atoms with Gasteiger partial charge < -0.3 is 24.7 Å². The maximum atomic E-state index is 12.5. The second kappa shape index (κ2) is 5.97. The largest absolute Gasteiger partial charge is 0.480 e. The van der Waals surface area contributed by atoms with Gasteiger partial charge in [0, 0.05) is 33.2 Å². The molecule has 114 valence electrons. The lowest BCUT2D eigenvalue weighted by molar-refractivity contribution is -0.141. The van der Waals surface area contributed by atoms with Gasteiger partial charge in [-0.25, -0.2) is 9.59 Å². The van der Waals surface area contributed by atoms with Gasteiger partial charge in [0.2, 0.25) is 0 Å². The average Bonchev–Trinajstić information content (AvgIpc) is 2.81. The van der Waals surface area contributed by atoms with Crippen molar-refractivity contribution in [2.45, 2.75) is 38.0 Å². The predicted octanol–water partition coefficient (Wildman–Crippen LogP) is -0.0170. The molecule has 0 radical (unpaired) electrons. The van der Waals surface area contributed by atoms with E-state index in [1.165, 1.54) is 4.90 Å². The first kappa shape index (κ1) is 15.1. The monoisotopic (exact) mass is 286 g/mol. The van der Waals surface area contributed by atoms with Crippen LogP contribution in [0.4, 0.5) is 4.79 Å². The van der Waals surface area contributed by atoms with Crippen LogP contribution >= 0.6 is 0 Å². The molecule has 20 heavy (non-hydrogen) atoms. The van der Waals surface area contributed by atoms with Gasteiger partial charge in [0.25, 0.3) is 0 Å². The Morgan fingerprint density at radius 1 is 1.30 bits per heavy atom. The van der Waals surface area contributed by atoms with E-state index < -0.39 is 18.1 Å². The first-order valence-corrected chi connectivity index (χ1v) is 6.93. The third kappa shape index (κ3) is 2.88. The molecular weight excluding hydrogens is 264 g/mol. The van der Waals surface area contributed by atoms with Crippen molar-refractivity contribution in [1.82, 2.24) is 9.80 Å². The number of nitrogens with zero attached hydrogens (tertiary/aromatic N) is 2. The molecule has 2 amide bonds. The van der Waals surface area contributed by atoms with Crippen LogP contribution in [0.5, 0.6) is 0 Å². The number of carbonyl (C=O) groups excluding carboxylic acids is 1. The summed E-state index contributed by atoms with van der Waals surface area (Å²) in [5.41, 5.74) is 0. The van der Waals surface area contributed by atoms with Crippen molar-refractivity contribution in [2.75, 3.05) is 26.7 Å². The zero-order valence-corrected chi connectivity index (χ0v) is 11.9. The summed E-state index contributed by atoms with van der Waals surface area (Å²) in [7, 11) is 1.62. The molecular formula is C13H22N2O5. The van der Waals surface area contributed by atoms with E-state index in [1.54, 1.807) is 12.0 Å². The third-order valence-corrected chi connectivity index (χ3v) is 4.27. The van der Waals surface area contributed by atoms with E-state index in [9.17, 15) is 14.7 Å². The highest BCUT2D eigenvalue weighted by Gasteiger charge is 2.42. The average molecular weight is 286 g/mol. The number of carboxylic acid groups (broad SMARTS) is 1. The second-order valence-electron chi connectivity index (χ2n) is 5.66. The van der Waals surface area contributed by atoms with Crippen molar-refractivity contribution in [2.24, 2.45) is 5.92 Å². The minimum atomic E-state index is -1.07. The lowest BCUT2D eigenvalue weighted by Crippen LogP contribution is -2.53. The van der Waals surface area contributed by atoms with Gasteiger partial charge in [0.15, 0.2) is 0 Å². The number of amides is 2. The summed E-state index contributed by atoms with van der Waals surface area (Å²) in [5, 5.41) is 18.7. The molecule has 2 aliphatic heterocycles. The number of ether oxygens (including phenoxy) is 1. The van der Waals surface area contributed by atoms with Gasteiger partial charge in [0.1, 0.15) is 6.04 Å². The summed E-state index contributed by atoms with van der Waals surface area (Å²) >= 11 is 0. The van der Waals surface area contributed by atoms with Crippen LogP contribution < -0.4 is 0 Å². The van der Waals surface area contributed by atoms with E-state index in [-0.39, 0.29) is 25.1 Å². The van der Waals surface area contributed by atoms with Crippen molar-refractivity contribution in [3.05, 3.63) is 0 Å². The summed E-state index contributed by atoms with van der Waals surface area (Å²) in [6.45, 7) is 3.23. The summed E-state index contributed by atoms with van der Waals surface area (Å²) in [4.78, 5) is 26.5. The molecule has 7 nitrogen and oxygen atoms in total. The number of hydrogen-bond donors (Lipinski definition) is 2. The van der Waals surface area contributed by atoms with Crippen molar-refractivity contribution < 1.29 is 24.5 Å². The number of piperidine rings is 1. The number of urea groups is 1. The van der Waals surface area contributed by atoms with Gasteiger partial charge in [0.05, 0.1) is 12.2 Å². The van der Waals surface area contributed by atoms with Gasteiger partial charge in [-0.05, 0) is 12.3 Å². The lowest BCUT2D eigenvalue weighted by Gasteiger charge is -2.38. The summed E-state index contributed by atoms with van der Waals surface area (Å²) in [5.74, 6) is -0.688. The van der Waals surface area contributed by atoms with Crippen LogP contribution in [0.3, 0.4) is 0 Å².